The number of ketones is 1. The summed E-state index contributed by atoms with van der Waals surface area (Å²) in [5.41, 5.74) is 1.02. The van der Waals surface area contributed by atoms with Gasteiger partial charge in [0.25, 0.3) is 0 Å². The van der Waals surface area contributed by atoms with Gasteiger partial charge in [0.2, 0.25) is 5.91 Å². The summed E-state index contributed by atoms with van der Waals surface area (Å²) in [7, 11) is 0. The van der Waals surface area contributed by atoms with Crippen LogP contribution in [0.15, 0.2) is 30.3 Å². The zero-order valence-corrected chi connectivity index (χ0v) is 19.2. The van der Waals surface area contributed by atoms with Crippen molar-refractivity contribution in [3.63, 3.8) is 0 Å². The van der Waals surface area contributed by atoms with Gasteiger partial charge in [0.1, 0.15) is 0 Å². The highest BCUT2D eigenvalue weighted by Crippen LogP contribution is 2.43. The Morgan fingerprint density at radius 1 is 0.964 bits per heavy atom. The summed E-state index contributed by atoms with van der Waals surface area (Å²) in [5.74, 6) is 0.224. The molecule has 1 aliphatic carbocycles. The molecular formula is C25H41NO2. The third-order valence-corrected chi connectivity index (χ3v) is 5.95. The van der Waals surface area contributed by atoms with Crippen LogP contribution in [0.3, 0.4) is 0 Å². The van der Waals surface area contributed by atoms with Gasteiger partial charge in [0, 0.05) is 17.9 Å². The molecule has 2 rings (SSSR count). The van der Waals surface area contributed by atoms with Crippen LogP contribution in [0.2, 0.25) is 0 Å². The molecule has 0 heterocycles. The fourth-order valence-electron chi connectivity index (χ4n) is 3.79. The first-order valence-electron chi connectivity index (χ1n) is 11.0. The van der Waals surface area contributed by atoms with E-state index in [1.54, 1.807) is 4.90 Å². The third-order valence-electron chi connectivity index (χ3n) is 5.95. The number of hydrogen-bond donors (Lipinski definition) is 0. The largest absolute Gasteiger partial charge is 0.331 e. The molecule has 1 atom stereocenters. The van der Waals surface area contributed by atoms with Crippen molar-refractivity contribution in [2.75, 3.05) is 6.54 Å². The van der Waals surface area contributed by atoms with Gasteiger partial charge in [-0.05, 0) is 36.7 Å². The summed E-state index contributed by atoms with van der Waals surface area (Å²) in [4.78, 5) is 27.7. The third kappa shape index (κ3) is 7.07. The van der Waals surface area contributed by atoms with Gasteiger partial charge >= 0.3 is 0 Å². The van der Waals surface area contributed by atoms with Crippen LogP contribution in [-0.2, 0) is 16.1 Å². The second-order valence-electron chi connectivity index (χ2n) is 9.35. The van der Waals surface area contributed by atoms with Crippen molar-refractivity contribution in [1.82, 2.24) is 4.90 Å². The number of amides is 1. The number of benzene rings is 1. The Balaban J connectivity index is 0.00000190. The average Bonchev–Trinajstić information content (AvgIpc) is 2.81. The first-order chi connectivity index (χ1) is 13.1. The standard InChI is InChI=1S/C23H35NO2.C2H6/c1-18(2)20(25)17-24(16-19-10-7-6-8-11-19)21(26)23(5)13-9-12-22(3,4)14-15-23;1-2/h6-8,10-11,18H,9,12-17H2,1-5H3;1-2H3. The molecule has 28 heavy (non-hydrogen) atoms. The molecule has 158 valence electrons. The Morgan fingerprint density at radius 3 is 2.14 bits per heavy atom. The van der Waals surface area contributed by atoms with Gasteiger partial charge in [-0.2, -0.15) is 0 Å². The molecule has 3 nitrogen and oxygen atoms in total. The molecule has 0 aliphatic heterocycles. The maximum atomic E-state index is 13.5. The summed E-state index contributed by atoms with van der Waals surface area (Å²) < 4.78 is 0. The lowest BCUT2D eigenvalue weighted by Crippen LogP contribution is -2.45. The van der Waals surface area contributed by atoms with Crippen LogP contribution in [-0.4, -0.2) is 23.1 Å². The SMILES string of the molecule is CC.CC(C)C(=O)CN(Cc1ccccc1)C(=O)C1(C)CCCC(C)(C)CC1. The first kappa shape index (κ1) is 24.4. The number of Topliss-reactive ketones (excluding diaryl/α,β-unsaturated/α-hetero) is 1. The fraction of sp³-hybridized carbons (Fsp3) is 0.680. The summed E-state index contributed by atoms with van der Waals surface area (Å²) in [6, 6.07) is 10.00. The van der Waals surface area contributed by atoms with Crippen LogP contribution >= 0.6 is 0 Å². The molecule has 0 bridgehead atoms. The van der Waals surface area contributed by atoms with E-state index in [2.05, 4.69) is 20.8 Å². The highest BCUT2D eigenvalue weighted by Gasteiger charge is 2.40. The highest BCUT2D eigenvalue weighted by molar-refractivity contribution is 5.89. The van der Waals surface area contributed by atoms with E-state index in [4.69, 9.17) is 0 Å². The first-order valence-corrected chi connectivity index (χ1v) is 11.0. The van der Waals surface area contributed by atoms with Crippen molar-refractivity contribution in [1.29, 1.82) is 0 Å². The van der Waals surface area contributed by atoms with Gasteiger partial charge in [-0.25, -0.2) is 0 Å². The van der Waals surface area contributed by atoms with E-state index in [0.29, 0.717) is 12.0 Å². The number of hydrogen-bond acceptors (Lipinski definition) is 2. The van der Waals surface area contributed by atoms with E-state index < -0.39 is 0 Å². The van der Waals surface area contributed by atoms with Crippen LogP contribution in [0.5, 0.6) is 0 Å². The monoisotopic (exact) mass is 387 g/mol. The lowest BCUT2D eigenvalue weighted by molar-refractivity contribution is -0.145. The zero-order valence-electron chi connectivity index (χ0n) is 19.2. The molecule has 0 aromatic heterocycles. The molecule has 1 amide bonds. The van der Waals surface area contributed by atoms with Gasteiger partial charge in [0.05, 0.1) is 6.54 Å². The molecule has 1 fully saturated rings. The van der Waals surface area contributed by atoms with E-state index in [-0.39, 0.29) is 29.6 Å². The molecule has 0 radical (unpaired) electrons. The van der Waals surface area contributed by atoms with E-state index in [9.17, 15) is 9.59 Å². The van der Waals surface area contributed by atoms with Crippen molar-refractivity contribution in [3.8, 4) is 0 Å². The molecule has 0 spiro atoms. The minimum atomic E-state index is -0.361. The van der Waals surface area contributed by atoms with Crippen molar-refractivity contribution < 1.29 is 9.59 Å². The van der Waals surface area contributed by atoms with Crippen molar-refractivity contribution in [3.05, 3.63) is 35.9 Å². The van der Waals surface area contributed by atoms with Crippen molar-refractivity contribution >= 4 is 11.7 Å². The van der Waals surface area contributed by atoms with E-state index in [1.165, 1.54) is 6.42 Å². The topological polar surface area (TPSA) is 37.4 Å². The Kier molecular flexibility index (Phi) is 9.39. The molecule has 1 unspecified atom stereocenters. The second kappa shape index (κ2) is 10.8. The van der Waals surface area contributed by atoms with Crippen molar-refractivity contribution in [2.24, 2.45) is 16.7 Å². The van der Waals surface area contributed by atoms with E-state index in [0.717, 1.165) is 31.2 Å². The minimum Gasteiger partial charge on any atom is -0.331 e. The maximum absolute atomic E-state index is 13.5. The van der Waals surface area contributed by atoms with Gasteiger partial charge < -0.3 is 4.90 Å². The number of nitrogens with zero attached hydrogens (tertiary/aromatic N) is 1. The Hall–Kier alpha value is -1.64. The lowest BCUT2D eigenvalue weighted by Gasteiger charge is -2.34. The van der Waals surface area contributed by atoms with Crippen molar-refractivity contribution in [2.45, 2.75) is 87.1 Å². The predicted molar refractivity (Wildman–Crippen MR) is 118 cm³/mol. The molecule has 1 aromatic carbocycles. The van der Waals surface area contributed by atoms with Gasteiger partial charge in [-0.1, -0.05) is 85.2 Å². The number of carbonyl (C=O) groups is 2. The van der Waals surface area contributed by atoms with Gasteiger partial charge in [-0.3, -0.25) is 9.59 Å². The zero-order chi connectivity index (χ0) is 21.4. The van der Waals surface area contributed by atoms with E-state index in [1.807, 2.05) is 58.0 Å². The molecule has 1 aromatic rings. The number of rotatable bonds is 6. The number of carbonyl (C=O) groups excluding carboxylic acids is 2. The highest BCUT2D eigenvalue weighted by atomic mass is 16.2. The Bertz CT molecular complexity index is 621. The predicted octanol–water partition coefficient (Wildman–Crippen LogP) is 6.26. The molecule has 1 saturated carbocycles. The smallest absolute Gasteiger partial charge is 0.229 e. The second-order valence-corrected chi connectivity index (χ2v) is 9.35. The van der Waals surface area contributed by atoms with Crippen LogP contribution in [0.4, 0.5) is 0 Å². The Labute approximate surface area is 172 Å². The molecule has 0 N–H and O–H groups in total. The maximum Gasteiger partial charge on any atom is 0.229 e. The fourth-order valence-corrected chi connectivity index (χ4v) is 3.79. The van der Waals surface area contributed by atoms with Crippen LogP contribution in [0, 0.1) is 16.7 Å². The minimum absolute atomic E-state index is 0.0538. The summed E-state index contributed by atoms with van der Waals surface area (Å²) in [5, 5.41) is 0. The Morgan fingerprint density at radius 2 is 1.57 bits per heavy atom. The summed E-state index contributed by atoms with van der Waals surface area (Å²) in [6.07, 6.45) is 5.12. The quantitative estimate of drug-likeness (QED) is 0.540. The molecule has 0 saturated heterocycles. The average molecular weight is 388 g/mol. The van der Waals surface area contributed by atoms with Crippen LogP contribution < -0.4 is 0 Å². The lowest BCUT2D eigenvalue weighted by atomic mass is 9.78. The molecule has 3 heteroatoms. The van der Waals surface area contributed by atoms with Gasteiger partial charge in [0.15, 0.2) is 5.78 Å². The molecule has 1 aliphatic rings. The van der Waals surface area contributed by atoms with Gasteiger partial charge in [-0.15, -0.1) is 0 Å². The normalized spacial score (nSPS) is 21.3. The summed E-state index contributed by atoms with van der Waals surface area (Å²) in [6.45, 7) is 15.2. The van der Waals surface area contributed by atoms with E-state index >= 15 is 0 Å². The molecular weight excluding hydrogens is 346 g/mol. The van der Waals surface area contributed by atoms with Crippen LogP contribution in [0.25, 0.3) is 0 Å². The summed E-state index contributed by atoms with van der Waals surface area (Å²) >= 11 is 0. The van der Waals surface area contributed by atoms with Crippen LogP contribution in [0.1, 0.15) is 86.1 Å².